The highest BCUT2D eigenvalue weighted by Crippen LogP contribution is 2.40. The average molecular weight is 369 g/mol. The maximum Gasteiger partial charge on any atom is 0.230 e. The molecule has 136 valence electrons. The van der Waals surface area contributed by atoms with Crippen molar-refractivity contribution in [1.29, 1.82) is 0 Å². The lowest BCUT2D eigenvalue weighted by molar-refractivity contribution is -0.128. The van der Waals surface area contributed by atoms with E-state index in [0.717, 1.165) is 47.7 Å². The number of methoxy groups -OCH3 is 1. The van der Waals surface area contributed by atoms with Gasteiger partial charge < -0.3 is 10.1 Å². The highest BCUT2D eigenvalue weighted by atomic mass is 32.1. The second-order valence-corrected chi connectivity index (χ2v) is 7.75. The Kier molecular flexibility index (Phi) is 4.68. The molecular formula is C20H23N3O2S. The monoisotopic (exact) mass is 369 g/mol. The Hall–Kier alpha value is -2.34. The second-order valence-electron chi connectivity index (χ2n) is 6.88. The maximum atomic E-state index is 13.2. The fraction of sp³-hybridized carbons (Fsp3) is 0.400. The zero-order valence-electron chi connectivity index (χ0n) is 14.9. The minimum atomic E-state index is -0.443. The second kappa shape index (κ2) is 7.11. The fourth-order valence-corrected chi connectivity index (χ4v) is 4.63. The predicted octanol–water partition coefficient (Wildman–Crippen LogP) is 3.92. The number of ether oxygens (including phenoxy) is 1. The predicted molar refractivity (Wildman–Crippen MR) is 103 cm³/mol. The topological polar surface area (TPSA) is 55.6 Å². The minimum absolute atomic E-state index is 0.110. The van der Waals surface area contributed by atoms with Crippen LogP contribution in [0, 0.1) is 0 Å². The molecule has 0 atom stereocenters. The van der Waals surface area contributed by atoms with Gasteiger partial charge in [0.1, 0.15) is 5.75 Å². The maximum absolute atomic E-state index is 13.2. The molecule has 6 heteroatoms. The van der Waals surface area contributed by atoms with Gasteiger partial charge in [0.15, 0.2) is 4.96 Å². The molecule has 5 nitrogen and oxygen atoms in total. The first-order valence-corrected chi connectivity index (χ1v) is 9.93. The number of hydrogen-bond acceptors (Lipinski definition) is 4. The van der Waals surface area contributed by atoms with Crippen LogP contribution in [-0.2, 0) is 16.8 Å². The Bertz CT molecular complexity index is 863. The number of imidazole rings is 1. The van der Waals surface area contributed by atoms with Gasteiger partial charge in [-0.15, -0.1) is 11.3 Å². The van der Waals surface area contributed by atoms with Crippen molar-refractivity contribution in [3.05, 3.63) is 53.3 Å². The quantitative estimate of drug-likeness (QED) is 0.741. The normalized spacial score (nSPS) is 16.5. The molecule has 0 saturated heterocycles. The summed E-state index contributed by atoms with van der Waals surface area (Å²) in [5, 5.41) is 5.15. The van der Waals surface area contributed by atoms with Crippen LogP contribution in [0.3, 0.4) is 0 Å². The fourth-order valence-electron chi connectivity index (χ4n) is 3.91. The molecule has 1 fully saturated rings. The third-order valence-corrected chi connectivity index (χ3v) is 6.13. The van der Waals surface area contributed by atoms with Gasteiger partial charge in [-0.25, -0.2) is 4.98 Å². The van der Waals surface area contributed by atoms with E-state index in [2.05, 4.69) is 10.3 Å². The number of carbonyl (C=O) groups excluding carboxylic acids is 1. The smallest absolute Gasteiger partial charge is 0.230 e. The summed E-state index contributed by atoms with van der Waals surface area (Å²) in [7, 11) is 1.66. The van der Waals surface area contributed by atoms with Crippen molar-refractivity contribution in [2.24, 2.45) is 0 Å². The number of hydrogen-bond donors (Lipinski definition) is 1. The molecule has 0 radical (unpaired) electrons. The van der Waals surface area contributed by atoms with Gasteiger partial charge in [-0.3, -0.25) is 9.20 Å². The number of aromatic nitrogens is 2. The molecule has 3 aromatic rings. The Morgan fingerprint density at radius 3 is 2.73 bits per heavy atom. The summed E-state index contributed by atoms with van der Waals surface area (Å²) in [6, 6.07) is 7.97. The van der Waals surface area contributed by atoms with E-state index in [4.69, 9.17) is 4.74 Å². The van der Waals surface area contributed by atoms with E-state index in [9.17, 15) is 4.79 Å². The lowest BCUT2D eigenvalue weighted by Gasteiger charge is -2.36. The van der Waals surface area contributed by atoms with Gasteiger partial charge >= 0.3 is 0 Å². The van der Waals surface area contributed by atoms with Crippen LogP contribution in [0.25, 0.3) is 4.96 Å². The van der Waals surface area contributed by atoms with Gasteiger partial charge in [0, 0.05) is 17.8 Å². The van der Waals surface area contributed by atoms with Crippen molar-refractivity contribution in [2.45, 2.75) is 44.1 Å². The third-order valence-electron chi connectivity index (χ3n) is 5.36. The van der Waals surface area contributed by atoms with E-state index in [1.165, 1.54) is 6.42 Å². The van der Waals surface area contributed by atoms with E-state index >= 15 is 0 Å². The summed E-state index contributed by atoms with van der Waals surface area (Å²) in [5.41, 5.74) is 1.54. The molecule has 1 saturated carbocycles. The van der Waals surface area contributed by atoms with Gasteiger partial charge in [-0.05, 0) is 30.5 Å². The Morgan fingerprint density at radius 2 is 2.04 bits per heavy atom. The molecular weight excluding hydrogens is 346 g/mol. The van der Waals surface area contributed by atoms with Crippen LogP contribution in [0.2, 0.25) is 0 Å². The molecule has 0 unspecified atom stereocenters. The zero-order valence-corrected chi connectivity index (χ0v) is 15.7. The molecule has 0 spiro atoms. The van der Waals surface area contributed by atoms with Crippen molar-refractivity contribution in [1.82, 2.24) is 14.7 Å². The van der Waals surface area contributed by atoms with Crippen LogP contribution in [0.1, 0.15) is 43.4 Å². The van der Waals surface area contributed by atoms with Gasteiger partial charge in [0.2, 0.25) is 5.91 Å². The number of nitrogens with one attached hydrogen (secondary N) is 1. The zero-order chi connectivity index (χ0) is 18.0. The third kappa shape index (κ3) is 3.09. The number of fused-ring (bicyclic) bond motifs is 1. The van der Waals surface area contributed by atoms with E-state index in [1.807, 2.05) is 46.4 Å². The summed E-state index contributed by atoms with van der Waals surface area (Å²) >= 11 is 1.60. The van der Waals surface area contributed by atoms with E-state index in [1.54, 1.807) is 18.4 Å². The lowest BCUT2D eigenvalue weighted by Crippen LogP contribution is -2.45. The van der Waals surface area contributed by atoms with Crippen molar-refractivity contribution in [2.75, 3.05) is 7.11 Å². The number of amides is 1. The summed E-state index contributed by atoms with van der Waals surface area (Å²) in [4.78, 5) is 18.7. The minimum Gasteiger partial charge on any atom is -0.497 e. The van der Waals surface area contributed by atoms with Crippen molar-refractivity contribution in [3.63, 3.8) is 0 Å². The number of rotatable bonds is 5. The van der Waals surface area contributed by atoms with Crippen molar-refractivity contribution < 1.29 is 9.53 Å². The number of benzene rings is 1. The first-order chi connectivity index (χ1) is 12.7. The molecule has 0 aliphatic heterocycles. The molecule has 1 aliphatic rings. The van der Waals surface area contributed by atoms with Crippen LogP contribution in [0.5, 0.6) is 5.75 Å². The SMILES string of the molecule is COc1ccc(C2(C(=O)NCc3cn4ccsc4n3)CCCCC2)cc1. The summed E-state index contributed by atoms with van der Waals surface area (Å²) in [6.45, 7) is 0.463. The van der Waals surface area contributed by atoms with E-state index in [0.29, 0.717) is 6.54 Å². The largest absolute Gasteiger partial charge is 0.497 e. The van der Waals surface area contributed by atoms with Crippen LogP contribution in [0.4, 0.5) is 0 Å². The van der Waals surface area contributed by atoms with Crippen molar-refractivity contribution in [3.8, 4) is 5.75 Å². The summed E-state index contributed by atoms with van der Waals surface area (Å²) in [6.07, 6.45) is 9.11. The highest BCUT2D eigenvalue weighted by molar-refractivity contribution is 7.15. The van der Waals surface area contributed by atoms with Gasteiger partial charge in [-0.2, -0.15) is 0 Å². The van der Waals surface area contributed by atoms with Crippen molar-refractivity contribution >= 4 is 22.2 Å². The van der Waals surface area contributed by atoms with E-state index in [-0.39, 0.29) is 5.91 Å². The molecule has 1 aromatic carbocycles. The van der Waals surface area contributed by atoms with Gasteiger partial charge in [0.05, 0.1) is 24.8 Å². The lowest BCUT2D eigenvalue weighted by atomic mass is 9.68. The molecule has 2 heterocycles. The van der Waals surface area contributed by atoms with Crippen LogP contribution >= 0.6 is 11.3 Å². The Morgan fingerprint density at radius 1 is 1.27 bits per heavy atom. The molecule has 2 aromatic heterocycles. The highest BCUT2D eigenvalue weighted by Gasteiger charge is 2.40. The molecule has 1 amide bonds. The first-order valence-electron chi connectivity index (χ1n) is 9.05. The Labute approximate surface area is 157 Å². The Balaban J connectivity index is 1.54. The molecule has 0 bridgehead atoms. The number of carbonyl (C=O) groups is 1. The summed E-state index contributed by atoms with van der Waals surface area (Å²) in [5.74, 6) is 0.928. The van der Waals surface area contributed by atoms with Crippen LogP contribution in [0.15, 0.2) is 42.0 Å². The van der Waals surface area contributed by atoms with Gasteiger partial charge in [0.25, 0.3) is 0 Å². The number of thiazole rings is 1. The molecule has 1 aliphatic carbocycles. The van der Waals surface area contributed by atoms with Crippen LogP contribution < -0.4 is 10.1 Å². The van der Waals surface area contributed by atoms with E-state index < -0.39 is 5.41 Å². The molecule has 4 rings (SSSR count). The average Bonchev–Trinajstić information content (AvgIpc) is 3.28. The molecule has 1 N–H and O–H groups in total. The molecule has 26 heavy (non-hydrogen) atoms. The summed E-state index contributed by atoms with van der Waals surface area (Å²) < 4.78 is 7.26. The number of nitrogens with zero attached hydrogens (tertiary/aromatic N) is 2. The van der Waals surface area contributed by atoms with Gasteiger partial charge in [-0.1, -0.05) is 31.4 Å². The standard InChI is InChI=1S/C20H23N3O2S/c1-25-17-7-5-15(6-8-17)20(9-3-2-4-10-20)18(24)21-13-16-14-23-11-12-26-19(23)22-16/h5-8,11-12,14H,2-4,9-10,13H2,1H3,(H,21,24). The first kappa shape index (κ1) is 17.1. The van der Waals surface area contributed by atoms with Crippen LogP contribution in [-0.4, -0.2) is 22.4 Å².